The largest absolute Gasteiger partial charge is 0.369 e. The van der Waals surface area contributed by atoms with Crippen LogP contribution in [0.2, 0.25) is 0 Å². The van der Waals surface area contributed by atoms with Gasteiger partial charge in [0.05, 0.1) is 5.69 Å². The first-order valence-electron chi connectivity index (χ1n) is 5.89. The number of aromatic nitrogens is 4. The van der Waals surface area contributed by atoms with Crippen molar-refractivity contribution in [1.29, 1.82) is 0 Å². The second kappa shape index (κ2) is 3.94. The number of nitrogens with zero attached hydrogens (tertiary/aromatic N) is 3. The lowest BCUT2D eigenvalue weighted by Crippen LogP contribution is -2.14. The summed E-state index contributed by atoms with van der Waals surface area (Å²) >= 11 is 0. The Morgan fingerprint density at radius 1 is 1.21 bits per heavy atom. The first-order valence-corrected chi connectivity index (χ1v) is 5.89. The van der Waals surface area contributed by atoms with E-state index in [9.17, 15) is 4.79 Å². The number of aromatic amines is 1. The minimum Gasteiger partial charge on any atom is -0.369 e. The quantitative estimate of drug-likeness (QED) is 0.686. The number of anilines is 1. The Kier molecular flexibility index (Phi) is 2.38. The summed E-state index contributed by atoms with van der Waals surface area (Å²) in [4.78, 5) is 23.1. The zero-order valence-electron chi connectivity index (χ0n) is 10.6. The Balaban J connectivity index is 2.46. The van der Waals surface area contributed by atoms with Crippen LogP contribution in [0.1, 0.15) is 11.4 Å². The molecule has 3 rings (SSSR count). The number of rotatable bonds is 1. The molecule has 3 aromatic rings. The van der Waals surface area contributed by atoms with E-state index in [-0.39, 0.29) is 11.5 Å². The van der Waals surface area contributed by atoms with Crippen LogP contribution in [0.15, 0.2) is 29.1 Å². The molecule has 1 aromatic carbocycles. The molecule has 0 radical (unpaired) electrons. The molecular formula is C13H13N5O. The van der Waals surface area contributed by atoms with Gasteiger partial charge in [0.25, 0.3) is 5.56 Å². The molecule has 0 amide bonds. The molecule has 0 saturated heterocycles. The van der Waals surface area contributed by atoms with Gasteiger partial charge in [-0.15, -0.1) is 0 Å². The average Bonchev–Trinajstić information content (AvgIpc) is 2.66. The van der Waals surface area contributed by atoms with Crippen LogP contribution in [0.4, 0.5) is 5.95 Å². The van der Waals surface area contributed by atoms with Crippen LogP contribution in [0.25, 0.3) is 16.9 Å². The van der Waals surface area contributed by atoms with Crippen molar-refractivity contribution in [2.45, 2.75) is 13.8 Å². The summed E-state index contributed by atoms with van der Waals surface area (Å²) in [5.74, 6) is 0.778. The predicted octanol–water partition coefficient (Wildman–Crippen LogP) is 1.31. The molecule has 0 fully saturated rings. The van der Waals surface area contributed by atoms with E-state index in [2.05, 4.69) is 15.0 Å². The van der Waals surface area contributed by atoms with Crippen LogP contribution in [0.3, 0.4) is 0 Å². The number of hydrogen-bond acceptors (Lipinski definition) is 4. The molecule has 19 heavy (non-hydrogen) atoms. The van der Waals surface area contributed by atoms with E-state index in [0.717, 1.165) is 11.3 Å². The fraction of sp³-hybridized carbons (Fsp3) is 0.154. The minimum atomic E-state index is -0.241. The molecule has 6 heteroatoms. The van der Waals surface area contributed by atoms with Crippen molar-refractivity contribution in [3.05, 3.63) is 46.0 Å². The van der Waals surface area contributed by atoms with Crippen LogP contribution in [0.5, 0.6) is 0 Å². The molecule has 2 heterocycles. The Hall–Kier alpha value is -2.63. The summed E-state index contributed by atoms with van der Waals surface area (Å²) in [6.45, 7) is 3.67. The minimum absolute atomic E-state index is 0.241. The van der Waals surface area contributed by atoms with Gasteiger partial charge in [0.15, 0.2) is 11.2 Å². The fourth-order valence-corrected chi connectivity index (χ4v) is 2.18. The number of imidazole rings is 1. The first-order chi connectivity index (χ1) is 9.08. The molecule has 0 aliphatic carbocycles. The zero-order valence-corrected chi connectivity index (χ0v) is 10.6. The van der Waals surface area contributed by atoms with Crippen LogP contribution in [-0.4, -0.2) is 19.5 Å². The third-order valence-corrected chi connectivity index (χ3v) is 3.02. The van der Waals surface area contributed by atoms with Crippen molar-refractivity contribution in [2.75, 3.05) is 5.73 Å². The van der Waals surface area contributed by atoms with E-state index in [1.165, 1.54) is 0 Å². The maximum absolute atomic E-state index is 12.1. The van der Waals surface area contributed by atoms with Gasteiger partial charge in [-0.3, -0.25) is 9.36 Å². The summed E-state index contributed by atoms with van der Waals surface area (Å²) in [6.07, 6.45) is 0. The SMILES string of the molecule is Cc1nc2nc(N)n(-c3ccccc3C)c2c(=O)[nH]1. The van der Waals surface area contributed by atoms with Crippen LogP contribution >= 0.6 is 0 Å². The monoisotopic (exact) mass is 255 g/mol. The number of H-pyrrole nitrogens is 1. The number of nitrogens with one attached hydrogen (secondary N) is 1. The number of benzene rings is 1. The molecule has 2 aromatic heterocycles. The van der Waals surface area contributed by atoms with Gasteiger partial charge >= 0.3 is 0 Å². The maximum Gasteiger partial charge on any atom is 0.277 e. The number of nitrogen functional groups attached to an aromatic ring is 1. The van der Waals surface area contributed by atoms with E-state index in [4.69, 9.17) is 5.73 Å². The lowest BCUT2D eigenvalue weighted by molar-refractivity contribution is 1.03. The van der Waals surface area contributed by atoms with Gasteiger partial charge in [-0.1, -0.05) is 18.2 Å². The van der Waals surface area contributed by atoms with Crippen molar-refractivity contribution in [3.63, 3.8) is 0 Å². The first kappa shape index (κ1) is 11.5. The third kappa shape index (κ3) is 1.69. The highest BCUT2D eigenvalue weighted by Gasteiger charge is 2.15. The Labute approximate surface area is 108 Å². The zero-order chi connectivity index (χ0) is 13.6. The topological polar surface area (TPSA) is 89.6 Å². The molecule has 0 aliphatic rings. The van der Waals surface area contributed by atoms with Gasteiger partial charge in [-0.05, 0) is 25.5 Å². The Morgan fingerprint density at radius 3 is 2.68 bits per heavy atom. The number of para-hydroxylation sites is 1. The molecule has 0 bridgehead atoms. The van der Waals surface area contributed by atoms with E-state index in [0.29, 0.717) is 17.0 Å². The average molecular weight is 255 g/mol. The third-order valence-electron chi connectivity index (χ3n) is 3.02. The Morgan fingerprint density at radius 2 is 1.95 bits per heavy atom. The van der Waals surface area contributed by atoms with E-state index in [1.807, 2.05) is 31.2 Å². The van der Waals surface area contributed by atoms with Gasteiger partial charge < -0.3 is 10.7 Å². The summed E-state index contributed by atoms with van der Waals surface area (Å²) in [5, 5.41) is 0. The lowest BCUT2D eigenvalue weighted by atomic mass is 10.2. The smallest absolute Gasteiger partial charge is 0.277 e. The molecule has 6 nitrogen and oxygen atoms in total. The number of fused-ring (bicyclic) bond motifs is 1. The van der Waals surface area contributed by atoms with Gasteiger partial charge in [0.1, 0.15) is 5.82 Å². The highest BCUT2D eigenvalue weighted by molar-refractivity contribution is 5.76. The lowest BCUT2D eigenvalue weighted by Gasteiger charge is -2.08. The standard InChI is InChI=1S/C13H13N5O/c1-7-5-3-4-6-9(7)18-10-11(17-13(18)14)15-8(2)16-12(10)19/h3-6H,1-2H3,(H3,14,15,16,17,19). The van der Waals surface area contributed by atoms with Crippen molar-refractivity contribution in [3.8, 4) is 5.69 Å². The van der Waals surface area contributed by atoms with Crippen LogP contribution < -0.4 is 11.3 Å². The molecule has 0 unspecified atom stereocenters. The van der Waals surface area contributed by atoms with Gasteiger partial charge in [0, 0.05) is 0 Å². The van der Waals surface area contributed by atoms with Gasteiger partial charge in [-0.25, -0.2) is 4.98 Å². The number of hydrogen-bond donors (Lipinski definition) is 2. The van der Waals surface area contributed by atoms with Crippen LogP contribution in [-0.2, 0) is 0 Å². The van der Waals surface area contributed by atoms with Crippen molar-refractivity contribution in [1.82, 2.24) is 19.5 Å². The van der Waals surface area contributed by atoms with Gasteiger partial charge in [-0.2, -0.15) is 4.98 Å². The normalized spacial score (nSPS) is 11.1. The van der Waals surface area contributed by atoms with E-state index < -0.39 is 0 Å². The second-order valence-electron chi connectivity index (χ2n) is 4.42. The molecule has 0 aliphatic heterocycles. The fourth-order valence-electron chi connectivity index (χ4n) is 2.18. The molecule has 0 atom stereocenters. The summed E-state index contributed by atoms with van der Waals surface area (Å²) < 4.78 is 1.63. The molecule has 0 spiro atoms. The highest BCUT2D eigenvalue weighted by atomic mass is 16.1. The van der Waals surface area contributed by atoms with Crippen molar-refractivity contribution < 1.29 is 0 Å². The van der Waals surface area contributed by atoms with Gasteiger partial charge in [0.2, 0.25) is 5.95 Å². The van der Waals surface area contributed by atoms with Crippen LogP contribution in [0, 0.1) is 13.8 Å². The summed E-state index contributed by atoms with van der Waals surface area (Å²) in [6, 6.07) is 7.67. The Bertz CT molecular complexity index is 831. The van der Waals surface area contributed by atoms with E-state index >= 15 is 0 Å². The number of aryl methyl sites for hydroxylation is 2. The summed E-state index contributed by atoms with van der Waals surface area (Å²) in [7, 11) is 0. The number of nitrogens with two attached hydrogens (primary N) is 1. The maximum atomic E-state index is 12.1. The van der Waals surface area contributed by atoms with Crippen molar-refractivity contribution >= 4 is 17.1 Å². The highest BCUT2D eigenvalue weighted by Crippen LogP contribution is 2.21. The van der Waals surface area contributed by atoms with E-state index in [1.54, 1.807) is 11.5 Å². The second-order valence-corrected chi connectivity index (χ2v) is 4.42. The predicted molar refractivity (Wildman–Crippen MR) is 73.4 cm³/mol. The summed E-state index contributed by atoms with van der Waals surface area (Å²) in [5.41, 5.74) is 8.27. The van der Waals surface area contributed by atoms with Crippen molar-refractivity contribution in [2.24, 2.45) is 0 Å². The molecule has 0 saturated carbocycles. The molecular weight excluding hydrogens is 242 g/mol. The molecule has 3 N–H and O–H groups in total. The molecule has 96 valence electrons.